The number of hydrogen-bond acceptors (Lipinski definition) is 7. The van der Waals surface area contributed by atoms with Crippen molar-refractivity contribution >= 4 is 47.5 Å². The van der Waals surface area contributed by atoms with Gasteiger partial charge in [0.2, 0.25) is 11.8 Å². The number of hydrogen-bond donors (Lipinski definition) is 1. The zero-order valence-corrected chi connectivity index (χ0v) is 21.2. The van der Waals surface area contributed by atoms with Crippen molar-refractivity contribution in [3.05, 3.63) is 34.9 Å². The molecule has 0 radical (unpaired) electrons. The molecule has 11 heteroatoms. The van der Waals surface area contributed by atoms with Gasteiger partial charge in [-0.25, -0.2) is 9.59 Å². The SMILES string of the molecule is CCC(C)N1C(=O)NC(=O)/C(=C\c2ccc3c(c2)CC2(C(=O)N(C)C(=O)N(C)C2=O)C2CCCN32)C1=O. The second kappa shape index (κ2) is 8.53. The first-order valence-corrected chi connectivity index (χ1v) is 12.4. The van der Waals surface area contributed by atoms with Crippen LogP contribution in [0, 0.1) is 5.41 Å². The summed E-state index contributed by atoms with van der Waals surface area (Å²) in [6.45, 7) is 4.23. The van der Waals surface area contributed by atoms with E-state index in [2.05, 4.69) is 10.2 Å². The Morgan fingerprint density at radius 2 is 1.76 bits per heavy atom. The Kier molecular flexibility index (Phi) is 5.69. The van der Waals surface area contributed by atoms with Crippen molar-refractivity contribution in [2.24, 2.45) is 5.41 Å². The fourth-order valence-electron chi connectivity index (χ4n) is 6.05. The number of fused-ring (bicyclic) bond motifs is 4. The molecule has 0 aliphatic carbocycles. The van der Waals surface area contributed by atoms with Gasteiger partial charge in [-0.1, -0.05) is 13.0 Å². The molecule has 0 bridgehead atoms. The summed E-state index contributed by atoms with van der Waals surface area (Å²) in [5, 5.41) is 2.23. The van der Waals surface area contributed by atoms with E-state index in [1.807, 2.05) is 13.0 Å². The Balaban J connectivity index is 1.57. The smallest absolute Gasteiger partial charge is 0.332 e. The standard InChI is InChI=1S/C26H29N5O6/c1-5-14(2)31-21(33)17(20(32)27-24(31)36)12-15-8-9-18-16(11-15)13-26(19-7-6-10-30(18)19)22(34)28(3)25(37)29(4)23(26)35/h8-9,11-12,14,19H,5-7,10,13H2,1-4H3,(H,27,32,36)/b17-12+. The van der Waals surface area contributed by atoms with E-state index in [0.717, 1.165) is 26.8 Å². The quantitative estimate of drug-likeness (QED) is 0.373. The fraction of sp³-hybridized carbons (Fsp3) is 0.462. The van der Waals surface area contributed by atoms with Crippen LogP contribution in [-0.4, -0.2) is 83.1 Å². The van der Waals surface area contributed by atoms with E-state index in [0.29, 0.717) is 30.5 Å². The van der Waals surface area contributed by atoms with E-state index in [-0.39, 0.29) is 24.1 Å². The number of carbonyl (C=O) groups is 6. The fourth-order valence-corrected chi connectivity index (χ4v) is 6.05. The lowest BCUT2D eigenvalue weighted by Crippen LogP contribution is -2.70. The highest BCUT2D eigenvalue weighted by Crippen LogP contribution is 2.49. The lowest BCUT2D eigenvalue weighted by Gasteiger charge is -2.50. The number of imide groups is 4. The molecule has 0 saturated carbocycles. The number of nitrogens with zero attached hydrogens (tertiary/aromatic N) is 4. The van der Waals surface area contributed by atoms with Crippen molar-refractivity contribution in [2.45, 2.75) is 51.6 Å². The zero-order chi connectivity index (χ0) is 26.8. The van der Waals surface area contributed by atoms with Crippen molar-refractivity contribution in [3.63, 3.8) is 0 Å². The van der Waals surface area contributed by atoms with Crippen LogP contribution in [-0.2, 0) is 25.6 Å². The largest absolute Gasteiger partial charge is 0.367 e. The second-order valence-corrected chi connectivity index (χ2v) is 10.1. The molecule has 4 heterocycles. The van der Waals surface area contributed by atoms with Crippen LogP contribution >= 0.6 is 0 Å². The molecular weight excluding hydrogens is 478 g/mol. The number of benzene rings is 1. The molecule has 4 aliphatic heterocycles. The van der Waals surface area contributed by atoms with Gasteiger partial charge in [0.1, 0.15) is 5.57 Å². The normalized spacial score (nSPS) is 25.2. The van der Waals surface area contributed by atoms with Crippen LogP contribution in [0.4, 0.5) is 15.3 Å². The average Bonchev–Trinajstić information content (AvgIpc) is 3.38. The molecular formula is C26H29N5O6. The first-order chi connectivity index (χ1) is 17.5. The zero-order valence-electron chi connectivity index (χ0n) is 21.2. The third-order valence-electron chi connectivity index (χ3n) is 8.13. The summed E-state index contributed by atoms with van der Waals surface area (Å²) >= 11 is 0. The summed E-state index contributed by atoms with van der Waals surface area (Å²) in [4.78, 5) is 82.6. The summed E-state index contributed by atoms with van der Waals surface area (Å²) < 4.78 is 0. The Morgan fingerprint density at radius 3 is 2.41 bits per heavy atom. The van der Waals surface area contributed by atoms with Crippen LogP contribution in [0.3, 0.4) is 0 Å². The minimum atomic E-state index is -1.44. The van der Waals surface area contributed by atoms with Gasteiger partial charge in [-0.15, -0.1) is 0 Å². The minimum absolute atomic E-state index is 0.0950. The molecule has 1 spiro atoms. The first-order valence-electron chi connectivity index (χ1n) is 12.4. The van der Waals surface area contributed by atoms with Crippen LogP contribution in [0.5, 0.6) is 0 Å². The number of nitrogens with one attached hydrogen (secondary N) is 1. The molecule has 3 saturated heterocycles. The third kappa shape index (κ3) is 3.40. The molecule has 0 aromatic heterocycles. The molecule has 37 heavy (non-hydrogen) atoms. The number of amides is 8. The summed E-state index contributed by atoms with van der Waals surface area (Å²) in [6, 6.07) is 3.24. The maximum atomic E-state index is 13.6. The maximum absolute atomic E-state index is 13.6. The highest BCUT2D eigenvalue weighted by molar-refractivity contribution is 6.31. The van der Waals surface area contributed by atoms with Gasteiger partial charge < -0.3 is 4.90 Å². The van der Waals surface area contributed by atoms with Gasteiger partial charge in [0, 0.05) is 32.4 Å². The predicted octanol–water partition coefficient (Wildman–Crippen LogP) is 1.51. The molecule has 8 amide bonds. The summed E-state index contributed by atoms with van der Waals surface area (Å²) in [5.41, 5.74) is 0.513. The Bertz CT molecular complexity index is 1280. The number of anilines is 1. The number of urea groups is 2. The van der Waals surface area contributed by atoms with Crippen LogP contribution < -0.4 is 10.2 Å². The van der Waals surface area contributed by atoms with Gasteiger partial charge in [0.15, 0.2) is 5.41 Å². The molecule has 1 N–H and O–H groups in total. The van der Waals surface area contributed by atoms with E-state index >= 15 is 0 Å². The van der Waals surface area contributed by atoms with Gasteiger partial charge in [-0.2, -0.15) is 0 Å². The Morgan fingerprint density at radius 1 is 1.08 bits per heavy atom. The maximum Gasteiger partial charge on any atom is 0.332 e. The van der Waals surface area contributed by atoms with E-state index in [4.69, 9.17) is 0 Å². The van der Waals surface area contributed by atoms with Crippen molar-refractivity contribution in [3.8, 4) is 0 Å². The van der Waals surface area contributed by atoms with Crippen LogP contribution in [0.1, 0.15) is 44.2 Å². The van der Waals surface area contributed by atoms with Gasteiger partial charge >= 0.3 is 12.1 Å². The van der Waals surface area contributed by atoms with Crippen LogP contribution in [0.25, 0.3) is 6.08 Å². The highest BCUT2D eigenvalue weighted by atomic mass is 16.2. The highest BCUT2D eigenvalue weighted by Gasteiger charge is 2.63. The third-order valence-corrected chi connectivity index (χ3v) is 8.13. The van der Waals surface area contributed by atoms with Gasteiger partial charge in [-0.05, 0) is 61.9 Å². The van der Waals surface area contributed by atoms with E-state index in [9.17, 15) is 28.8 Å². The Hall–Kier alpha value is -4.02. The molecule has 1 aromatic rings. The van der Waals surface area contributed by atoms with Crippen molar-refractivity contribution < 1.29 is 28.8 Å². The number of rotatable bonds is 3. The lowest BCUT2D eigenvalue weighted by atomic mass is 9.68. The summed E-state index contributed by atoms with van der Waals surface area (Å²) in [6.07, 6.45) is 3.50. The first kappa shape index (κ1) is 24.7. The van der Waals surface area contributed by atoms with Gasteiger partial charge in [-0.3, -0.25) is 39.2 Å². The van der Waals surface area contributed by atoms with Crippen molar-refractivity contribution in [1.29, 1.82) is 0 Å². The summed E-state index contributed by atoms with van der Waals surface area (Å²) in [7, 11) is 2.78. The van der Waals surface area contributed by atoms with Crippen LogP contribution in [0.15, 0.2) is 23.8 Å². The van der Waals surface area contributed by atoms with Crippen molar-refractivity contribution in [1.82, 2.24) is 20.0 Å². The number of carbonyl (C=O) groups excluding carboxylic acids is 6. The average molecular weight is 508 g/mol. The molecule has 5 rings (SSSR count). The molecule has 11 nitrogen and oxygen atoms in total. The van der Waals surface area contributed by atoms with Crippen molar-refractivity contribution in [2.75, 3.05) is 25.5 Å². The second-order valence-electron chi connectivity index (χ2n) is 10.1. The minimum Gasteiger partial charge on any atom is -0.367 e. The Labute approximate surface area is 214 Å². The van der Waals surface area contributed by atoms with Gasteiger partial charge in [0.05, 0.1) is 6.04 Å². The molecule has 2 atom stereocenters. The van der Waals surface area contributed by atoms with E-state index < -0.39 is 41.1 Å². The summed E-state index contributed by atoms with van der Waals surface area (Å²) in [5.74, 6) is -2.48. The predicted molar refractivity (Wildman–Crippen MR) is 132 cm³/mol. The lowest BCUT2D eigenvalue weighted by molar-refractivity contribution is -0.159. The van der Waals surface area contributed by atoms with E-state index in [1.165, 1.54) is 20.2 Å². The number of barbiturate groups is 2. The molecule has 2 unspecified atom stereocenters. The van der Waals surface area contributed by atoms with Crippen LogP contribution in [0.2, 0.25) is 0 Å². The molecule has 1 aromatic carbocycles. The molecule has 194 valence electrons. The monoisotopic (exact) mass is 507 g/mol. The molecule has 4 aliphatic rings. The molecule has 3 fully saturated rings. The van der Waals surface area contributed by atoms with Gasteiger partial charge in [0.25, 0.3) is 11.8 Å². The topological polar surface area (TPSA) is 127 Å². The van der Waals surface area contributed by atoms with E-state index in [1.54, 1.807) is 19.1 Å².